The number of esters is 2. The predicted octanol–water partition coefficient (Wildman–Crippen LogP) is 4.72. The van der Waals surface area contributed by atoms with Gasteiger partial charge in [-0.05, 0) is 68.3 Å². The van der Waals surface area contributed by atoms with Crippen molar-refractivity contribution in [1.29, 1.82) is 0 Å². The van der Waals surface area contributed by atoms with Gasteiger partial charge in [-0.2, -0.15) is 5.10 Å². The third-order valence-corrected chi connectivity index (χ3v) is 5.65. The number of methoxy groups -OCH3 is 1. The average molecular weight is 481 g/mol. The van der Waals surface area contributed by atoms with Gasteiger partial charge in [0.2, 0.25) is 5.76 Å². The first-order chi connectivity index (χ1) is 16.4. The molecule has 0 bridgehead atoms. The molecule has 1 aromatic heterocycles. The van der Waals surface area contributed by atoms with E-state index in [4.69, 9.17) is 20.8 Å². The first-order valence-corrected chi connectivity index (χ1v) is 10.9. The van der Waals surface area contributed by atoms with Crippen molar-refractivity contribution in [3.63, 3.8) is 0 Å². The molecule has 34 heavy (non-hydrogen) atoms. The van der Waals surface area contributed by atoms with Gasteiger partial charge in [-0.1, -0.05) is 11.6 Å². The molecule has 1 amide bonds. The number of hydrogen-bond donors (Lipinski definition) is 1. The summed E-state index contributed by atoms with van der Waals surface area (Å²) < 4.78 is 15.9. The number of amides is 1. The lowest BCUT2D eigenvalue weighted by Crippen LogP contribution is -2.22. The summed E-state index contributed by atoms with van der Waals surface area (Å²) in [4.78, 5) is 36.8. The fourth-order valence-electron chi connectivity index (χ4n) is 3.69. The second-order valence-corrected chi connectivity index (χ2v) is 8.06. The van der Waals surface area contributed by atoms with E-state index in [1.54, 1.807) is 31.2 Å². The molecule has 0 unspecified atom stereocenters. The number of fused-ring (bicyclic) bond motifs is 1. The zero-order valence-corrected chi connectivity index (χ0v) is 19.3. The maximum Gasteiger partial charge on any atom is 0.379 e. The number of aryl methyl sites for hydroxylation is 1. The summed E-state index contributed by atoms with van der Waals surface area (Å²) in [7, 11) is 1.29. The summed E-state index contributed by atoms with van der Waals surface area (Å²) in [6, 6.07) is 12.5. The van der Waals surface area contributed by atoms with Gasteiger partial charge in [0.1, 0.15) is 11.5 Å². The lowest BCUT2D eigenvalue weighted by atomic mass is 9.93. The fourth-order valence-corrected chi connectivity index (χ4v) is 3.82. The van der Waals surface area contributed by atoms with Crippen LogP contribution in [-0.2, 0) is 11.2 Å². The Morgan fingerprint density at radius 1 is 0.971 bits per heavy atom. The van der Waals surface area contributed by atoms with Gasteiger partial charge >= 0.3 is 11.9 Å². The van der Waals surface area contributed by atoms with Crippen LogP contribution in [0.1, 0.15) is 61.0 Å². The molecule has 0 aliphatic heterocycles. The van der Waals surface area contributed by atoms with Crippen LogP contribution < -0.4 is 10.2 Å². The first kappa shape index (κ1) is 23.3. The number of benzene rings is 2. The van der Waals surface area contributed by atoms with Crippen LogP contribution in [0.3, 0.4) is 0 Å². The van der Waals surface area contributed by atoms with Gasteiger partial charge in [-0.25, -0.2) is 15.0 Å². The molecule has 8 nitrogen and oxygen atoms in total. The van der Waals surface area contributed by atoms with Crippen molar-refractivity contribution in [2.75, 3.05) is 7.11 Å². The van der Waals surface area contributed by atoms with E-state index in [0.29, 0.717) is 51.6 Å². The van der Waals surface area contributed by atoms with E-state index in [0.717, 1.165) is 6.42 Å². The molecule has 174 valence electrons. The number of hydrazone groups is 1. The molecular weight excluding hydrogens is 460 g/mol. The van der Waals surface area contributed by atoms with Gasteiger partial charge in [-0.3, -0.25) is 4.79 Å². The number of halogens is 1. The van der Waals surface area contributed by atoms with Crippen molar-refractivity contribution in [3.05, 3.63) is 87.3 Å². The minimum Gasteiger partial charge on any atom is -0.465 e. The standard InChI is InChI=1S/C25H21ClN2O6/c1-14-21-19(27-28-23(29)15-6-10-17(26)11-7-15)4-3-5-20(21)34-22(14)25(31)33-18-12-8-16(9-13-18)24(30)32-2/h6-13H,3-5H2,1-2H3,(H,28,29)/b27-19+. The number of nitrogens with zero attached hydrogens (tertiary/aromatic N) is 1. The number of nitrogens with one attached hydrogen (secondary N) is 1. The molecule has 0 saturated heterocycles. The van der Waals surface area contributed by atoms with E-state index >= 15 is 0 Å². The van der Waals surface area contributed by atoms with E-state index in [1.807, 2.05) is 0 Å². The minimum absolute atomic E-state index is 0.0701. The second-order valence-electron chi connectivity index (χ2n) is 7.62. The summed E-state index contributed by atoms with van der Waals surface area (Å²) >= 11 is 5.87. The van der Waals surface area contributed by atoms with E-state index in [1.165, 1.54) is 31.4 Å². The van der Waals surface area contributed by atoms with Gasteiger partial charge in [0.25, 0.3) is 5.91 Å². The van der Waals surface area contributed by atoms with Gasteiger partial charge in [0.05, 0.1) is 18.4 Å². The van der Waals surface area contributed by atoms with Gasteiger partial charge in [0, 0.05) is 28.1 Å². The lowest BCUT2D eigenvalue weighted by molar-refractivity contribution is 0.0600. The Kier molecular flexibility index (Phi) is 6.79. The lowest BCUT2D eigenvalue weighted by Gasteiger charge is -2.13. The fraction of sp³-hybridized carbons (Fsp3) is 0.200. The minimum atomic E-state index is -0.665. The largest absolute Gasteiger partial charge is 0.465 e. The monoisotopic (exact) mass is 480 g/mol. The van der Waals surface area contributed by atoms with Crippen LogP contribution in [0.15, 0.2) is 58.0 Å². The highest BCUT2D eigenvalue weighted by molar-refractivity contribution is 6.30. The molecule has 0 fully saturated rings. The summed E-state index contributed by atoms with van der Waals surface area (Å²) in [6.07, 6.45) is 2.03. The average Bonchev–Trinajstić information content (AvgIpc) is 3.20. The summed E-state index contributed by atoms with van der Waals surface area (Å²) in [5.41, 5.74) is 5.26. The van der Waals surface area contributed by atoms with Crippen LogP contribution in [0.5, 0.6) is 5.75 Å². The quantitative estimate of drug-likeness (QED) is 0.322. The Hall–Kier alpha value is -3.91. The van der Waals surface area contributed by atoms with Crippen LogP contribution in [-0.4, -0.2) is 30.7 Å². The maximum absolute atomic E-state index is 12.8. The van der Waals surface area contributed by atoms with E-state index in [2.05, 4.69) is 15.3 Å². The van der Waals surface area contributed by atoms with Crippen LogP contribution in [0.25, 0.3) is 0 Å². The highest BCUT2D eigenvalue weighted by atomic mass is 35.5. The molecule has 0 atom stereocenters. The molecule has 4 rings (SSSR count). The summed E-state index contributed by atoms with van der Waals surface area (Å²) in [5.74, 6) is -0.565. The number of carbonyl (C=O) groups excluding carboxylic acids is 3. The number of furan rings is 1. The maximum atomic E-state index is 12.8. The number of carbonyl (C=O) groups is 3. The summed E-state index contributed by atoms with van der Waals surface area (Å²) in [5, 5.41) is 4.84. The Morgan fingerprint density at radius 2 is 1.65 bits per heavy atom. The van der Waals surface area contributed by atoms with Gasteiger partial charge in [0.15, 0.2) is 0 Å². The smallest absolute Gasteiger partial charge is 0.379 e. The second kappa shape index (κ2) is 9.93. The number of hydrogen-bond acceptors (Lipinski definition) is 7. The molecule has 0 radical (unpaired) electrons. The van der Waals surface area contributed by atoms with Crippen molar-refractivity contribution >= 4 is 35.2 Å². The first-order valence-electron chi connectivity index (χ1n) is 10.5. The Bertz CT molecular complexity index is 1280. The third kappa shape index (κ3) is 4.87. The van der Waals surface area contributed by atoms with Crippen LogP contribution in [0.4, 0.5) is 0 Å². The highest BCUT2D eigenvalue weighted by Crippen LogP contribution is 2.30. The summed E-state index contributed by atoms with van der Waals surface area (Å²) in [6.45, 7) is 1.75. The van der Waals surface area contributed by atoms with Crippen molar-refractivity contribution < 1.29 is 28.3 Å². The van der Waals surface area contributed by atoms with Crippen molar-refractivity contribution in [1.82, 2.24) is 5.43 Å². The molecule has 3 aromatic rings. The Balaban J connectivity index is 1.52. The molecule has 0 spiro atoms. The van der Waals surface area contributed by atoms with Crippen LogP contribution in [0.2, 0.25) is 5.02 Å². The Morgan fingerprint density at radius 3 is 2.32 bits per heavy atom. The molecular formula is C25H21ClN2O6. The number of ether oxygens (including phenoxy) is 2. The zero-order valence-electron chi connectivity index (χ0n) is 18.5. The number of rotatable bonds is 5. The van der Waals surface area contributed by atoms with Crippen LogP contribution in [0, 0.1) is 6.92 Å². The normalized spacial score (nSPS) is 13.8. The Labute approximate surface area is 200 Å². The van der Waals surface area contributed by atoms with E-state index in [-0.39, 0.29) is 17.4 Å². The van der Waals surface area contributed by atoms with E-state index < -0.39 is 11.9 Å². The molecule has 2 aromatic carbocycles. The third-order valence-electron chi connectivity index (χ3n) is 5.40. The topological polar surface area (TPSA) is 107 Å². The van der Waals surface area contributed by atoms with Crippen LogP contribution >= 0.6 is 11.6 Å². The van der Waals surface area contributed by atoms with Crippen molar-refractivity contribution in [2.24, 2.45) is 5.10 Å². The van der Waals surface area contributed by atoms with Gasteiger partial charge in [-0.15, -0.1) is 0 Å². The van der Waals surface area contributed by atoms with Crippen molar-refractivity contribution in [2.45, 2.75) is 26.2 Å². The zero-order chi connectivity index (χ0) is 24.2. The molecule has 1 N–H and O–H groups in total. The molecule has 1 aliphatic rings. The molecule has 1 heterocycles. The molecule has 0 saturated carbocycles. The molecule has 9 heteroatoms. The van der Waals surface area contributed by atoms with Crippen molar-refractivity contribution in [3.8, 4) is 5.75 Å². The van der Waals surface area contributed by atoms with E-state index in [9.17, 15) is 14.4 Å². The van der Waals surface area contributed by atoms with Gasteiger partial charge < -0.3 is 13.9 Å². The predicted molar refractivity (Wildman–Crippen MR) is 125 cm³/mol. The SMILES string of the molecule is COC(=O)c1ccc(OC(=O)c2oc3c(c2C)/C(=N/NC(=O)c2ccc(Cl)cc2)CCC3)cc1. The molecule has 1 aliphatic carbocycles. The highest BCUT2D eigenvalue weighted by Gasteiger charge is 2.29.